The second-order valence-corrected chi connectivity index (χ2v) is 9.08. The van der Waals surface area contributed by atoms with E-state index in [-0.39, 0.29) is 0 Å². The third-order valence-corrected chi connectivity index (χ3v) is 7.59. The summed E-state index contributed by atoms with van der Waals surface area (Å²) < 4.78 is 29.0. The number of hydrogen-bond donors (Lipinski definition) is 0. The summed E-state index contributed by atoms with van der Waals surface area (Å²) in [6.07, 6.45) is 4.92. The monoisotopic (exact) mass is 336 g/mol. The van der Waals surface area contributed by atoms with E-state index in [0.717, 1.165) is 32.1 Å². The minimum absolute atomic E-state index is 0.479. The summed E-state index contributed by atoms with van der Waals surface area (Å²) in [6, 6.07) is 0. The predicted octanol–water partition coefficient (Wildman–Crippen LogP) is 2.94. The number of piperidine rings is 1. The number of hydrogen-bond acceptors (Lipinski definition) is 2. The van der Waals surface area contributed by atoms with Crippen molar-refractivity contribution in [1.29, 1.82) is 0 Å². The van der Waals surface area contributed by atoms with Crippen molar-refractivity contribution in [3.63, 3.8) is 0 Å². The minimum Gasteiger partial charge on any atom is -0.195 e. The summed E-state index contributed by atoms with van der Waals surface area (Å²) in [4.78, 5) is 0. The van der Waals surface area contributed by atoms with Gasteiger partial charge in [-0.25, -0.2) is 0 Å². The summed E-state index contributed by atoms with van der Waals surface area (Å²) in [5, 5.41) is 0. The molecule has 1 atom stereocenters. The van der Waals surface area contributed by atoms with Crippen molar-refractivity contribution in [3.8, 4) is 0 Å². The molecule has 6 heteroatoms. The van der Waals surface area contributed by atoms with E-state index in [2.05, 4.69) is 13.8 Å². The van der Waals surface area contributed by atoms with Crippen molar-refractivity contribution < 1.29 is 8.42 Å². The smallest absolute Gasteiger partial charge is 0.195 e. The Morgan fingerprint density at radius 2 is 1.57 bits per heavy atom. The average Bonchev–Trinajstić information content (AvgIpc) is 2.73. The third-order valence-electron chi connectivity index (χ3n) is 5.12. The van der Waals surface area contributed by atoms with Gasteiger partial charge in [-0.2, -0.15) is 17.0 Å². The molecule has 0 saturated carbocycles. The molecule has 0 aromatic rings. The van der Waals surface area contributed by atoms with Gasteiger partial charge in [0, 0.05) is 32.1 Å². The largest absolute Gasteiger partial charge is 0.281 e. The van der Waals surface area contributed by atoms with Gasteiger partial charge in [-0.1, -0.05) is 13.8 Å². The lowest BCUT2D eigenvalue weighted by Crippen LogP contribution is -2.47. The van der Waals surface area contributed by atoms with Crippen molar-refractivity contribution >= 4 is 21.8 Å². The van der Waals surface area contributed by atoms with Crippen molar-refractivity contribution in [3.05, 3.63) is 0 Å². The first-order chi connectivity index (χ1) is 9.95. The van der Waals surface area contributed by atoms with Crippen molar-refractivity contribution in [1.82, 2.24) is 8.61 Å². The van der Waals surface area contributed by atoms with Crippen LogP contribution in [0.3, 0.4) is 0 Å². The molecular weight excluding hydrogens is 308 g/mol. The Labute approximate surface area is 135 Å². The van der Waals surface area contributed by atoms with Crippen LogP contribution in [0.4, 0.5) is 0 Å². The van der Waals surface area contributed by atoms with E-state index in [1.807, 2.05) is 0 Å². The number of rotatable bonds is 4. The third kappa shape index (κ3) is 4.34. The number of alkyl halides is 1. The molecule has 0 bridgehead atoms. The molecule has 0 amide bonds. The molecule has 2 fully saturated rings. The molecule has 1 unspecified atom stereocenters. The molecule has 2 aliphatic heterocycles. The van der Waals surface area contributed by atoms with E-state index in [1.54, 1.807) is 8.61 Å². The Hall–Kier alpha value is 0.160. The Bertz CT molecular complexity index is 419. The molecule has 2 heterocycles. The highest BCUT2D eigenvalue weighted by Crippen LogP contribution is 2.28. The van der Waals surface area contributed by atoms with Crippen molar-refractivity contribution in [2.24, 2.45) is 17.8 Å². The molecular formula is C15H29ClN2O2S. The van der Waals surface area contributed by atoms with Crippen LogP contribution in [0.15, 0.2) is 0 Å². The maximum absolute atomic E-state index is 12.8. The van der Waals surface area contributed by atoms with Gasteiger partial charge in [0.25, 0.3) is 10.2 Å². The fraction of sp³-hybridized carbons (Fsp3) is 1.00. The fourth-order valence-electron chi connectivity index (χ4n) is 3.45. The minimum atomic E-state index is -3.27. The summed E-state index contributed by atoms with van der Waals surface area (Å²) in [5.74, 6) is 2.43. The molecule has 0 aromatic heterocycles. The lowest BCUT2D eigenvalue weighted by molar-refractivity contribution is 0.264. The molecule has 4 nitrogen and oxygen atoms in total. The Kier molecular flexibility index (Phi) is 6.36. The summed E-state index contributed by atoms with van der Waals surface area (Å²) in [7, 11) is -3.27. The highest BCUT2D eigenvalue weighted by Gasteiger charge is 2.34. The van der Waals surface area contributed by atoms with Crippen LogP contribution in [-0.4, -0.2) is 49.1 Å². The molecule has 2 rings (SSSR count). The molecule has 124 valence electrons. The summed E-state index contributed by atoms with van der Waals surface area (Å²) >= 11 is 5.88. The SMILES string of the molecule is CC(C)C1CCCN(S(=O)(=O)N2CCC(CCl)CC2)CC1. The van der Waals surface area contributed by atoms with Crippen LogP contribution in [0.2, 0.25) is 0 Å². The molecule has 0 radical (unpaired) electrons. The second kappa shape index (κ2) is 7.62. The molecule has 0 aromatic carbocycles. The van der Waals surface area contributed by atoms with Gasteiger partial charge in [0.05, 0.1) is 0 Å². The zero-order chi connectivity index (χ0) is 15.5. The van der Waals surface area contributed by atoms with Gasteiger partial charge in [-0.05, 0) is 49.9 Å². The van der Waals surface area contributed by atoms with Gasteiger partial charge in [0.1, 0.15) is 0 Å². The molecule has 0 N–H and O–H groups in total. The Morgan fingerprint density at radius 1 is 1.00 bits per heavy atom. The lowest BCUT2D eigenvalue weighted by atomic mass is 9.89. The average molecular weight is 337 g/mol. The topological polar surface area (TPSA) is 40.6 Å². The highest BCUT2D eigenvalue weighted by molar-refractivity contribution is 7.86. The van der Waals surface area contributed by atoms with E-state index < -0.39 is 10.2 Å². The first kappa shape index (κ1) is 17.5. The van der Waals surface area contributed by atoms with Crippen LogP contribution in [0.25, 0.3) is 0 Å². The van der Waals surface area contributed by atoms with Crippen LogP contribution >= 0.6 is 11.6 Å². The molecule has 2 saturated heterocycles. The number of nitrogens with zero attached hydrogens (tertiary/aromatic N) is 2. The zero-order valence-electron chi connectivity index (χ0n) is 13.3. The van der Waals surface area contributed by atoms with Crippen LogP contribution in [0.5, 0.6) is 0 Å². The van der Waals surface area contributed by atoms with Gasteiger partial charge >= 0.3 is 0 Å². The predicted molar refractivity (Wildman–Crippen MR) is 87.7 cm³/mol. The quantitative estimate of drug-likeness (QED) is 0.740. The van der Waals surface area contributed by atoms with E-state index in [1.165, 1.54) is 0 Å². The van der Waals surface area contributed by atoms with E-state index in [0.29, 0.717) is 49.8 Å². The van der Waals surface area contributed by atoms with Crippen LogP contribution in [-0.2, 0) is 10.2 Å². The number of halogens is 1. The highest BCUT2D eigenvalue weighted by atomic mass is 35.5. The first-order valence-electron chi connectivity index (χ1n) is 8.26. The standard InChI is InChI=1S/C15H29ClN2O2S/c1-13(2)15-4-3-8-17(11-7-15)21(19,20)18-9-5-14(12-16)6-10-18/h13-15H,3-12H2,1-2H3. The first-order valence-corrected chi connectivity index (χ1v) is 10.2. The van der Waals surface area contributed by atoms with Gasteiger partial charge in [0.15, 0.2) is 0 Å². The lowest BCUT2D eigenvalue weighted by Gasteiger charge is -2.34. The Balaban J connectivity index is 1.96. The van der Waals surface area contributed by atoms with E-state index in [9.17, 15) is 8.42 Å². The maximum atomic E-state index is 12.8. The molecule has 2 aliphatic rings. The van der Waals surface area contributed by atoms with Crippen LogP contribution < -0.4 is 0 Å². The van der Waals surface area contributed by atoms with Crippen LogP contribution in [0.1, 0.15) is 46.0 Å². The summed E-state index contributed by atoms with van der Waals surface area (Å²) in [5.41, 5.74) is 0. The van der Waals surface area contributed by atoms with Gasteiger partial charge in [-0.3, -0.25) is 0 Å². The molecule has 0 aliphatic carbocycles. The van der Waals surface area contributed by atoms with Crippen molar-refractivity contribution in [2.75, 3.05) is 32.1 Å². The van der Waals surface area contributed by atoms with Crippen molar-refractivity contribution in [2.45, 2.75) is 46.0 Å². The van der Waals surface area contributed by atoms with Crippen LogP contribution in [0, 0.1) is 17.8 Å². The normalized spacial score (nSPS) is 27.9. The fourth-order valence-corrected chi connectivity index (χ4v) is 5.45. The summed E-state index contributed by atoms with van der Waals surface area (Å²) in [6.45, 7) is 7.10. The van der Waals surface area contributed by atoms with E-state index in [4.69, 9.17) is 11.6 Å². The molecule has 21 heavy (non-hydrogen) atoms. The van der Waals surface area contributed by atoms with E-state index >= 15 is 0 Å². The molecule has 0 spiro atoms. The van der Waals surface area contributed by atoms with Gasteiger partial charge in [0.2, 0.25) is 0 Å². The van der Waals surface area contributed by atoms with Gasteiger partial charge in [-0.15, -0.1) is 11.6 Å². The van der Waals surface area contributed by atoms with Gasteiger partial charge < -0.3 is 0 Å². The Morgan fingerprint density at radius 3 is 2.14 bits per heavy atom. The zero-order valence-corrected chi connectivity index (χ0v) is 14.9. The maximum Gasteiger partial charge on any atom is 0.281 e. The second-order valence-electron chi connectivity index (χ2n) is 6.84.